The van der Waals surface area contributed by atoms with Crippen molar-refractivity contribution in [3.63, 3.8) is 0 Å². The van der Waals surface area contributed by atoms with E-state index in [2.05, 4.69) is 10.6 Å². The number of sulfone groups is 1. The molecule has 0 aromatic carbocycles. The summed E-state index contributed by atoms with van der Waals surface area (Å²) in [5.41, 5.74) is 0.882. The second-order valence-electron chi connectivity index (χ2n) is 4.38. The van der Waals surface area contributed by atoms with Gasteiger partial charge in [0.15, 0.2) is 9.84 Å². The smallest absolute Gasteiger partial charge is 0.221 e. The number of carbonyl (C=O) groups excluding carboxylic acids is 1. The lowest BCUT2D eigenvalue weighted by Crippen LogP contribution is -2.47. The van der Waals surface area contributed by atoms with E-state index in [4.69, 9.17) is 4.42 Å². The fourth-order valence-corrected chi connectivity index (χ4v) is 3.33. The van der Waals surface area contributed by atoms with Gasteiger partial charge >= 0.3 is 0 Å². The first-order chi connectivity index (χ1) is 8.55. The van der Waals surface area contributed by atoms with Crippen LogP contribution in [0.5, 0.6) is 0 Å². The van der Waals surface area contributed by atoms with Gasteiger partial charge in [-0.1, -0.05) is 0 Å². The lowest BCUT2D eigenvalue weighted by molar-refractivity contribution is -0.121. The quantitative estimate of drug-likeness (QED) is 0.783. The third kappa shape index (κ3) is 3.85. The molecule has 2 heterocycles. The lowest BCUT2D eigenvalue weighted by atomic mass is 10.2. The predicted molar refractivity (Wildman–Crippen MR) is 65.6 cm³/mol. The van der Waals surface area contributed by atoms with Crippen molar-refractivity contribution in [3.05, 3.63) is 24.2 Å². The fourth-order valence-electron chi connectivity index (χ4n) is 1.89. The summed E-state index contributed by atoms with van der Waals surface area (Å²) in [5, 5.41) is 5.77. The van der Waals surface area contributed by atoms with Crippen LogP contribution in [0.2, 0.25) is 0 Å². The van der Waals surface area contributed by atoms with Gasteiger partial charge in [-0.05, 0) is 6.07 Å². The average molecular weight is 272 g/mol. The van der Waals surface area contributed by atoms with Gasteiger partial charge in [0.05, 0.1) is 24.0 Å². The second kappa shape index (κ2) is 5.53. The molecule has 1 saturated heterocycles. The molecule has 2 rings (SSSR count). The average Bonchev–Trinajstić information content (AvgIpc) is 2.77. The first kappa shape index (κ1) is 13.1. The summed E-state index contributed by atoms with van der Waals surface area (Å²) >= 11 is 0. The summed E-state index contributed by atoms with van der Waals surface area (Å²) in [5.74, 6) is 0.0255. The number of amides is 1. The van der Waals surface area contributed by atoms with Crippen LogP contribution in [-0.4, -0.2) is 38.4 Å². The Hall–Kier alpha value is -1.34. The minimum absolute atomic E-state index is 0.0339. The summed E-state index contributed by atoms with van der Waals surface area (Å²) in [7, 11) is -2.99. The van der Waals surface area contributed by atoms with E-state index in [0.29, 0.717) is 13.1 Å². The third-order valence-corrected chi connectivity index (χ3v) is 4.54. The third-order valence-electron chi connectivity index (χ3n) is 2.80. The van der Waals surface area contributed by atoms with E-state index < -0.39 is 9.84 Å². The molecule has 100 valence electrons. The zero-order valence-electron chi connectivity index (χ0n) is 9.89. The van der Waals surface area contributed by atoms with Crippen molar-refractivity contribution in [2.24, 2.45) is 0 Å². The van der Waals surface area contributed by atoms with Crippen LogP contribution in [0.25, 0.3) is 0 Å². The molecule has 2 N–H and O–H groups in total. The highest BCUT2D eigenvalue weighted by molar-refractivity contribution is 7.91. The molecule has 1 aromatic heterocycles. The van der Waals surface area contributed by atoms with Crippen molar-refractivity contribution in [1.82, 2.24) is 10.6 Å². The van der Waals surface area contributed by atoms with E-state index in [1.165, 1.54) is 6.26 Å². The number of carbonyl (C=O) groups is 1. The first-order valence-electron chi connectivity index (χ1n) is 5.77. The van der Waals surface area contributed by atoms with E-state index in [9.17, 15) is 13.2 Å². The fraction of sp³-hybridized carbons (Fsp3) is 0.545. The Morgan fingerprint density at radius 3 is 3.06 bits per heavy atom. The van der Waals surface area contributed by atoms with Crippen LogP contribution in [-0.2, 0) is 21.2 Å². The number of nitrogens with one attached hydrogen (secondary N) is 2. The van der Waals surface area contributed by atoms with Gasteiger partial charge in [-0.2, -0.15) is 0 Å². The molecular weight excluding hydrogens is 256 g/mol. The Balaban J connectivity index is 1.77. The number of hydrogen-bond donors (Lipinski definition) is 2. The van der Waals surface area contributed by atoms with Crippen molar-refractivity contribution in [2.45, 2.75) is 19.0 Å². The predicted octanol–water partition coefficient (Wildman–Crippen LogP) is -0.327. The zero-order chi connectivity index (χ0) is 13.0. The van der Waals surface area contributed by atoms with E-state index in [1.54, 1.807) is 12.3 Å². The highest BCUT2D eigenvalue weighted by Crippen LogP contribution is 2.05. The van der Waals surface area contributed by atoms with Gasteiger partial charge in [0.2, 0.25) is 5.91 Å². The molecule has 1 aliphatic rings. The highest BCUT2D eigenvalue weighted by atomic mass is 32.2. The van der Waals surface area contributed by atoms with E-state index in [0.717, 1.165) is 5.56 Å². The monoisotopic (exact) mass is 272 g/mol. The Kier molecular flexibility index (Phi) is 4.03. The molecular formula is C11H16N2O4S. The van der Waals surface area contributed by atoms with E-state index >= 15 is 0 Å². The molecule has 1 fully saturated rings. The number of furan rings is 1. The van der Waals surface area contributed by atoms with Crippen LogP contribution >= 0.6 is 0 Å². The maximum Gasteiger partial charge on any atom is 0.221 e. The Morgan fingerprint density at radius 2 is 2.39 bits per heavy atom. The largest absolute Gasteiger partial charge is 0.472 e. The second-order valence-corrected chi connectivity index (χ2v) is 6.61. The molecule has 7 heteroatoms. The molecule has 6 nitrogen and oxygen atoms in total. The molecule has 18 heavy (non-hydrogen) atoms. The standard InChI is InChI=1S/C11H16N2O4S/c14-11(13-6-9-1-3-17-7-9)5-10-8-18(15,16)4-2-12-10/h1,3,7,10,12H,2,4-6,8H2,(H,13,14). The van der Waals surface area contributed by atoms with Crippen LogP contribution in [0.15, 0.2) is 23.0 Å². The Morgan fingerprint density at radius 1 is 1.56 bits per heavy atom. The normalized spacial score (nSPS) is 22.6. The van der Waals surface area contributed by atoms with Gasteiger partial charge in [0.1, 0.15) is 0 Å². The minimum Gasteiger partial charge on any atom is -0.472 e. The molecule has 1 amide bonds. The SMILES string of the molecule is O=C(CC1CS(=O)(=O)CCN1)NCc1ccoc1. The molecule has 1 aromatic rings. The van der Waals surface area contributed by atoms with Gasteiger partial charge in [0, 0.05) is 31.1 Å². The van der Waals surface area contributed by atoms with Gasteiger partial charge < -0.3 is 15.1 Å². The molecule has 0 radical (unpaired) electrons. The van der Waals surface area contributed by atoms with Gasteiger partial charge in [-0.3, -0.25) is 4.79 Å². The number of rotatable bonds is 4. The molecule has 1 unspecified atom stereocenters. The van der Waals surface area contributed by atoms with Crippen LogP contribution in [0.3, 0.4) is 0 Å². The van der Waals surface area contributed by atoms with Crippen molar-refractivity contribution < 1.29 is 17.6 Å². The van der Waals surface area contributed by atoms with Gasteiger partial charge in [-0.25, -0.2) is 8.42 Å². The summed E-state index contributed by atoms with van der Waals surface area (Å²) in [6.45, 7) is 0.816. The van der Waals surface area contributed by atoms with Crippen LogP contribution in [0.4, 0.5) is 0 Å². The number of hydrogen-bond acceptors (Lipinski definition) is 5. The highest BCUT2D eigenvalue weighted by Gasteiger charge is 2.25. The Bertz CT molecular complexity index is 495. The zero-order valence-corrected chi connectivity index (χ0v) is 10.7. The van der Waals surface area contributed by atoms with Gasteiger partial charge in [-0.15, -0.1) is 0 Å². The molecule has 1 aliphatic heterocycles. The maximum absolute atomic E-state index is 11.6. The van der Waals surface area contributed by atoms with E-state index in [-0.39, 0.29) is 29.9 Å². The van der Waals surface area contributed by atoms with Crippen LogP contribution in [0.1, 0.15) is 12.0 Å². The van der Waals surface area contributed by atoms with Crippen molar-refractivity contribution >= 4 is 15.7 Å². The first-order valence-corrected chi connectivity index (χ1v) is 7.59. The molecule has 0 spiro atoms. The Labute approximate surface area is 106 Å². The lowest BCUT2D eigenvalue weighted by Gasteiger charge is -2.23. The van der Waals surface area contributed by atoms with Gasteiger partial charge in [0.25, 0.3) is 0 Å². The van der Waals surface area contributed by atoms with Crippen molar-refractivity contribution in [3.8, 4) is 0 Å². The summed E-state index contributed by atoms with van der Waals surface area (Å²) in [6, 6.07) is 1.48. The van der Waals surface area contributed by atoms with Crippen molar-refractivity contribution in [1.29, 1.82) is 0 Å². The molecule has 1 atom stereocenters. The van der Waals surface area contributed by atoms with E-state index in [1.807, 2.05) is 0 Å². The van der Waals surface area contributed by atoms with Crippen LogP contribution < -0.4 is 10.6 Å². The molecule has 0 bridgehead atoms. The van der Waals surface area contributed by atoms with Crippen LogP contribution in [0, 0.1) is 0 Å². The van der Waals surface area contributed by atoms with Crippen molar-refractivity contribution in [2.75, 3.05) is 18.1 Å². The topological polar surface area (TPSA) is 88.4 Å². The summed E-state index contributed by atoms with van der Waals surface area (Å²) in [4.78, 5) is 11.6. The summed E-state index contributed by atoms with van der Waals surface area (Å²) < 4.78 is 27.7. The maximum atomic E-state index is 11.6. The molecule has 0 saturated carbocycles. The summed E-state index contributed by atoms with van der Waals surface area (Å²) in [6.07, 6.45) is 3.28. The minimum atomic E-state index is -2.99. The molecule has 0 aliphatic carbocycles.